The average molecular weight is 544 g/mol. The minimum Gasteiger partial charge on any atom is -0.381 e. The van der Waals surface area contributed by atoms with Gasteiger partial charge in [0.25, 0.3) is 5.91 Å². The summed E-state index contributed by atoms with van der Waals surface area (Å²) >= 11 is 0. The first kappa shape index (κ1) is 25.9. The van der Waals surface area contributed by atoms with Crippen LogP contribution in [0.1, 0.15) is 70.5 Å². The van der Waals surface area contributed by atoms with Gasteiger partial charge >= 0.3 is 6.18 Å². The molecular weight excluding hydrogens is 514 g/mol. The predicted octanol–water partition coefficient (Wildman–Crippen LogP) is 4.94. The third-order valence-electron chi connectivity index (χ3n) is 8.32. The van der Waals surface area contributed by atoms with Gasteiger partial charge in [-0.25, -0.2) is 9.37 Å². The van der Waals surface area contributed by atoms with E-state index in [0.717, 1.165) is 25.3 Å². The first-order chi connectivity index (χ1) is 18.5. The van der Waals surface area contributed by atoms with Crippen molar-refractivity contribution in [2.75, 3.05) is 18.1 Å². The summed E-state index contributed by atoms with van der Waals surface area (Å²) in [7, 11) is 1.74. The summed E-state index contributed by atoms with van der Waals surface area (Å²) in [6.07, 6.45) is -0.221. The van der Waals surface area contributed by atoms with Gasteiger partial charge in [0.15, 0.2) is 0 Å². The zero-order chi connectivity index (χ0) is 27.5. The maximum atomic E-state index is 15.0. The second-order valence-corrected chi connectivity index (χ2v) is 11.1. The Bertz CT molecular complexity index is 1430. The lowest BCUT2D eigenvalue weighted by atomic mass is 9.78. The van der Waals surface area contributed by atoms with Gasteiger partial charge in [-0.05, 0) is 73.2 Å². The maximum absolute atomic E-state index is 15.0. The molecular formula is C28H29F4N5O2. The SMILES string of the molecule is Cn1ncnc1[C@H](c1cc(F)cc(N2Cc3c(cc(CNC4(C)CCC4)cc3C(F)(F)F)C2=O)c1)C1COC1. The Morgan fingerprint density at radius 2 is 1.95 bits per heavy atom. The molecule has 1 aliphatic carbocycles. The molecule has 1 amide bonds. The normalized spacial score (nSPS) is 19.5. The zero-order valence-electron chi connectivity index (χ0n) is 21.7. The molecule has 1 atom stereocenters. The summed E-state index contributed by atoms with van der Waals surface area (Å²) in [4.78, 5) is 19.1. The van der Waals surface area contributed by atoms with Gasteiger partial charge in [-0.3, -0.25) is 9.48 Å². The first-order valence-corrected chi connectivity index (χ1v) is 13.0. The molecule has 11 heteroatoms. The Kier molecular flexibility index (Phi) is 6.26. The summed E-state index contributed by atoms with van der Waals surface area (Å²) in [6, 6.07) is 6.89. The topological polar surface area (TPSA) is 72.3 Å². The molecule has 206 valence electrons. The van der Waals surface area contributed by atoms with Crippen molar-refractivity contribution in [2.45, 2.75) is 56.9 Å². The average Bonchev–Trinajstić information content (AvgIpc) is 3.40. The van der Waals surface area contributed by atoms with Crippen molar-refractivity contribution >= 4 is 11.6 Å². The number of rotatable bonds is 7. The second kappa shape index (κ2) is 9.41. The van der Waals surface area contributed by atoms with Crippen molar-refractivity contribution in [2.24, 2.45) is 13.0 Å². The van der Waals surface area contributed by atoms with E-state index < -0.39 is 23.5 Å². The van der Waals surface area contributed by atoms with E-state index >= 15 is 4.39 Å². The Morgan fingerprint density at radius 1 is 1.18 bits per heavy atom. The minimum absolute atomic E-state index is 0.00319. The van der Waals surface area contributed by atoms with Crippen LogP contribution in [-0.4, -0.2) is 39.4 Å². The number of nitrogens with zero attached hydrogens (tertiary/aromatic N) is 4. The van der Waals surface area contributed by atoms with Crippen molar-refractivity contribution in [1.82, 2.24) is 20.1 Å². The maximum Gasteiger partial charge on any atom is 0.416 e. The van der Waals surface area contributed by atoms with E-state index in [1.165, 1.54) is 29.4 Å². The molecule has 6 rings (SSSR count). The summed E-state index contributed by atoms with van der Waals surface area (Å²) in [5.74, 6) is -0.873. The fraction of sp³-hybridized carbons (Fsp3) is 0.464. The van der Waals surface area contributed by atoms with E-state index in [1.54, 1.807) is 17.8 Å². The number of nitrogens with one attached hydrogen (secondary N) is 1. The summed E-state index contributed by atoms with van der Waals surface area (Å²) < 4.78 is 64.5. The Labute approximate surface area is 223 Å². The van der Waals surface area contributed by atoms with Crippen molar-refractivity contribution in [3.8, 4) is 0 Å². The van der Waals surface area contributed by atoms with Crippen LogP contribution in [0.15, 0.2) is 36.7 Å². The minimum atomic E-state index is -4.63. The highest BCUT2D eigenvalue weighted by molar-refractivity contribution is 6.10. The van der Waals surface area contributed by atoms with Crippen LogP contribution >= 0.6 is 0 Å². The Morgan fingerprint density at radius 3 is 2.54 bits per heavy atom. The van der Waals surface area contributed by atoms with Crippen LogP contribution in [-0.2, 0) is 31.1 Å². The highest BCUT2D eigenvalue weighted by atomic mass is 19.4. The monoisotopic (exact) mass is 543 g/mol. The first-order valence-electron chi connectivity index (χ1n) is 13.0. The molecule has 3 aromatic rings. The van der Waals surface area contributed by atoms with Crippen molar-refractivity contribution in [3.63, 3.8) is 0 Å². The van der Waals surface area contributed by atoms with E-state index in [9.17, 15) is 18.0 Å². The lowest BCUT2D eigenvalue weighted by molar-refractivity contribution is -0.138. The molecule has 39 heavy (non-hydrogen) atoms. The number of anilines is 1. The fourth-order valence-corrected chi connectivity index (χ4v) is 5.83. The molecule has 1 saturated heterocycles. The third kappa shape index (κ3) is 4.71. The number of ether oxygens (including phenoxy) is 1. The molecule has 0 spiro atoms. The van der Waals surface area contributed by atoms with Crippen LogP contribution in [0.25, 0.3) is 0 Å². The third-order valence-corrected chi connectivity index (χ3v) is 8.32. The molecule has 0 unspecified atom stereocenters. The highest BCUT2D eigenvalue weighted by Gasteiger charge is 2.41. The van der Waals surface area contributed by atoms with Gasteiger partial charge < -0.3 is 15.0 Å². The number of benzene rings is 2. The molecule has 7 nitrogen and oxygen atoms in total. The molecule has 2 aliphatic heterocycles. The zero-order valence-corrected chi connectivity index (χ0v) is 21.7. The molecule has 3 aliphatic rings. The summed E-state index contributed by atoms with van der Waals surface area (Å²) in [5.41, 5.74) is 0.151. The van der Waals surface area contributed by atoms with Gasteiger partial charge in [0.05, 0.1) is 31.2 Å². The molecule has 0 bridgehead atoms. The Balaban J connectivity index is 1.36. The van der Waals surface area contributed by atoms with E-state index in [1.807, 2.05) is 6.92 Å². The van der Waals surface area contributed by atoms with E-state index in [0.29, 0.717) is 30.2 Å². The number of hydrogen-bond donors (Lipinski definition) is 1. The van der Waals surface area contributed by atoms with Crippen LogP contribution < -0.4 is 10.2 Å². The Hall–Kier alpha value is -3.31. The van der Waals surface area contributed by atoms with Crippen molar-refractivity contribution in [1.29, 1.82) is 0 Å². The van der Waals surface area contributed by atoms with Crippen LogP contribution in [0.4, 0.5) is 23.2 Å². The van der Waals surface area contributed by atoms with Crippen LogP contribution in [0.3, 0.4) is 0 Å². The number of aryl methyl sites for hydroxylation is 1. The molecule has 1 aromatic heterocycles. The van der Waals surface area contributed by atoms with Gasteiger partial charge in [0.2, 0.25) is 0 Å². The predicted molar refractivity (Wildman–Crippen MR) is 135 cm³/mol. The molecule has 3 heterocycles. The van der Waals surface area contributed by atoms with Gasteiger partial charge in [-0.1, -0.05) is 0 Å². The molecule has 0 radical (unpaired) electrons. The standard InChI is InChI=1S/C28H29F4N5O2/c1-27(4-3-5-27)34-11-16-6-21-22(23(7-16)28(30,31)32)12-37(26(21)38)20-9-17(8-19(29)10-20)24(18-13-39-14-18)25-33-15-35-36(25)2/h6-10,15,18,24,34H,3-5,11-14H2,1-2H3/t24-/m1/s1. The largest absolute Gasteiger partial charge is 0.416 e. The lowest BCUT2D eigenvalue weighted by Crippen LogP contribution is -2.47. The number of amides is 1. The van der Waals surface area contributed by atoms with Crippen LogP contribution in [0.5, 0.6) is 0 Å². The van der Waals surface area contributed by atoms with Gasteiger partial charge in [-0.15, -0.1) is 0 Å². The van der Waals surface area contributed by atoms with Crippen LogP contribution in [0, 0.1) is 11.7 Å². The number of hydrogen-bond acceptors (Lipinski definition) is 5. The number of fused-ring (bicyclic) bond motifs is 1. The lowest BCUT2D eigenvalue weighted by Gasteiger charge is -2.39. The van der Waals surface area contributed by atoms with Crippen LogP contribution in [0.2, 0.25) is 0 Å². The molecule has 2 aromatic carbocycles. The van der Waals surface area contributed by atoms with E-state index in [4.69, 9.17) is 4.74 Å². The number of alkyl halides is 3. The van der Waals surface area contributed by atoms with E-state index in [2.05, 4.69) is 15.4 Å². The number of halogens is 4. The van der Waals surface area contributed by atoms with Gasteiger partial charge in [0, 0.05) is 36.3 Å². The summed E-state index contributed by atoms with van der Waals surface area (Å²) in [6.45, 7) is 2.91. The summed E-state index contributed by atoms with van der Waals surface area (Å²) in [5, 5.41) is 7.48. The van der Waals surface area contributed by atoms with Gasteiger partial charge in [0.1, 0.15) is 18.0 Å². The number of carbonyl (C=O) groups excluding carboxylic acids is 1. The van der Waals surface area contributed by atoms with Crippen molar-refractivity contribution < 1.29 is 27.1 Å². The quantitative estimate of drug-likeness (QED) is 0.428. The van der Waals surface area contributed by atoms with Crippen molar-refractivity contribution in [3.05, 3.63) is 76.1 Å². The smallest absolute Gasteiger partial charge is 0.381 e. The molecule has 1 saturated carbocycles. The number of aromatic nitrogens is 3. The fourth-order valence-electron chi connectivity index (χ4n) is 5.83. The molecule has 1 N–H and O–H groups in total. The van der Waals surface area contributed by atoms with Gasteiger partial charge in [-0.2, -0.15) is 18.3 Å². The molecule has 2 fully saturated rings. The highest BCUT2D eigenvalue weighted by Crippen LogP contribution is 2.42. The van der Waals surface area contributed by atoms with E-state index in [-0.39, 0.29) is 47.3 Å². The second-order valence-electron chi connectivity index (χ2n) is 11.1. The number of carbonyl (C=O) groups is 1.